The van der Waals surface area contributed by atoms with Crippen LogP contribution in [0.4, 0.5) is 20.1 Å². The number of urea groups is 1. The SMILES string of the molecule is O=C1NCCN1c1ccc(NS(=O)(=O)c2cccc(S(=O)(=O)F)c2)cc1. The Kier molecular flexibility index (Phi) is 4.59. The van der Waals surface area contributed by atoms with Gasteiger partial charge in [0.15, 0.2) is 0 Å². The van der Waals surface area contributed by atoms with E-state index in [9.17, 15) is 25.5 Å². The number of sulfonamides is 1. The number of hydrogen-bond acceptors (Lipinski definition) is 5. The number of anilines is 2. The van der Waals surface area contributed by atoms with Crippen LogP contribution in [0.3, 0.4) is 0 Å². The van der Waals surface area contributed by atoms with Crippen molar-refractivity contribution in [2.75, 3.05) is 22.7 Å². The normalized spacial score (nSPS) is 15.0. The van der Waals surface area contributed by atoms with Crippen LogP contribution in [-0.2, 0) is 20.2 Å². The fraction of sp³-hybridized carbons (Fsp3) is 0.133. The maximum Gasteiger partial charge on any atom is 0.332 e. The zero-order chi connectivity index (χ0) is 18.9. The molecule has 1 heterocycles. The number of hydrogen-bond donors (Lipinski definition) is 2. The highest BCUT2D eigenvalue weighted by Crippen LogP contribution is 2.23. The van der Waals surface area contributed by atoms with Crippen molar-refractivity contribution in [3.05, 3.63) is 48.5 Å². The monoisotopic (exact) mass is 399 g/mol. The van der Waals surface area contributed by atoms with Gasteiger partial charge in [-0.1, -0.05) is 6.07 Å². The largest absolute Gasteiger partial charge is 0.336 e. The summed E-state index contributed by atoms with van der Waals surface area (Å²) in [6.45, 7) is 1.04. The first-order valence-electron chi connectivity index (χ1n) is 7.40. The summed E-state index contributed by atoms with van der Waals surface area (Å²) in [5.74, 6) is 0. The average molecular weight is 399 g/mol. The molecule has 0 radical (unpaired) electrons. The van der Waals surface area contributed by atoms with Crippen LogP contribution in [0.1, 0.15) is 0 Å². The highest BCUT2D eigenvalue weighted by atomic mass is 32.3. The molecule has 3 rings (SSSR count). The van der Waals surface area contributed by atoms with Gasteiger partial charge in [0, 0.05) is 24.5 Å². The van der Waals surface area contributed by atoms with Crippen LogP contribution in [0.15, 0.2) is 58.3 Å². The molecule has 0 atom stereocenters. The van der Waals surface area contributed by atoms with Crippen LogP contribution in [-0.4, -0.2) is 36.0 Å². The standard InChI is InChI=1S/C15H14FN3O5S2/c16-25(21,22)13-2-1-3-14(10-13)26(23,24)18-11-4-6-12(7-5-11)19-9-8-17-15(19)20/h1-7,10,18H,8-9H2,(H,17,20). The Bertz CT molecular complexity index is 1050. The second-order valence-electron chi connectivity index (χ2n) is 5.45. The maximum absolute atomic E-state index is 13.1. The third kappa shape index (κ3) is 3.78. The van der Waals surface area contributed by atoms with Crippen LogP contribution in [0.2, 0.25) is 0 Å². The predicted octanol–water partition coefficient (Wildman–Crippen LogP) is 1.68. The number of benzene rings is 2. The van der Waals surface area contributed by atoms with Gasteiger partial charge in [0.2, 0.25) is 0 Å². The van der Waals surface area contributed by atoms with Crippen molar-refractivity contribution in [1.29, 1.82) is 0 Å². The number of nitrogens with zero attached hydrogens (tertiary/aromatic N) is 1. The topological polar surface area (TPSA) is 113 Å². The third-order valence-corrected chi connectivity index (χ3v) is 5.88. The van der Waals surface area contributed by atoms with E-state index < -0.39 is 25.1 Å². The molecule has 0 aromatic heterocycles. The molecule has 1 aliphatic rings. The molecule has 8 nitrogen and oxygen atoms in total. The van der Waals surface area contributed by atoms with Crippen molar-refractivity contribution < 1.29 is 25.5 Å². The number of halogens is 1. The molecule has 0 unspecified atom stereocenters. The van der Waals surface area contributed by atoms with Gasteiger partial charge in [-0.15, -0.1) is 3.89 Å². The van der Waals surface area contributed by atoms with Gasteiger partial charge in [-0.3, -0.25) is 9.62 Å². The van der Waals surface area contributed by atoms with Gasteiger partial charge in [0.25, 0.3) is 10.0 Å². The zero-order valence-electron chi connectivity index (χ0n) is 13.2. The van der Waals surface area contributed by atoms with Gasteiger partial charge >= 0.3 is 16.3 Å². The molecule has 26 heavy (non-hydrogen) atoms. The second kappa shape index (κ2) is 6.57. The third-order valence-electron chi connectivity index (χ3n) is 3.69. The number of carbonyl (C=O) groups is 1. The highest BCUT2D eigenvalue weighted by Gasteiger charge is 2.22. The van der Waals surface area contributed by atoms with Gasteiger partial charge in [-0.2, -0.15) is 8.42 Å². The van der Waals surface area contributed by atoms with Crippen molar-refractivity contribution in [3.63, 3.8) is 0 Å². The number of nitrogens with one attached hydrogen (secondary N) is 2. The van der Waals surface area contributed by atoms with Crippen LogP contribution >= 0.6 is 0 Å². The lowest BCUT2D eigenvalue weighted by Crippen LogP contribution is -2.27. The van der Waals surface area contributed by atoms with Crippen molar-refractivity contribution in [3.8, 4) is 0 Å². The molecule has 2 N–H and O–H groups in total. The lowest BCUT2D eigenvalue weighted by molar-refractivity contribution is 0.252. The fourth-order valence-electron chi connectivity index (χ4n) is 2.43. The van der Waals surface area contributed by atoms with E-state index in [0.717, 1.165) is 24.3 Å². The molecule has 0 bridgehead atoms. The van der Waals surface area contributed by atoms with Crippen LogP contribution < -0.4 is 14.9 Å². The Hall–Kier alpha value is -2.66. The van der Waals surface area contributed by atoms with Gasteiger partial charge in [0.1, 0.15) is 0 Å². The Morgan fingerprint density at radius 2 is 1.65 bits per heavy atom. The van der Waals surface area contributed by atoms with Gasteiger partial charge < -0.3 is 5.32 Å². The van der Waals surface area contributed by atoms with Gasteiger partial charge in [-0.25, -0.2) is 13.2 Å². The van der Waals surface area contributed by atoms with E-state index in [1.165, 1.54) is 17.0 Å². The van der Waals surface area contributed by atoms with E-state index in [1.54, 1.807) is 12.1 Å². The van der Waals surface area contributed by atoms with Crippen LogP contribution in [0, 0.1) is 0 Å². The van der Waals surface area contributed by atoms with Crippen molar-refractivity contribution in [1.82, 2.24) is 5.32 Å². The van der Waals surface area contributed by atoms with E-state index in [4.69, 9.17) is 0 Å². The molecule has 0 aliphatic carbocycles. The molecule has 2 amide bonds. The Morgan fingerprint density at radius 3 is 2.23 bits per heavy atom. The molecule has 1 aliphatic heterocycles. The molecule has 0 saturated carbocycles. The van der Waals surface area contributed by atoms with Gasteiger partial charge in [-0.05, 0) is 42.5 Å². The highest BCUT2D eigenvalue weighted by molar-refractivity contribution is 7.92. The summed E-state index contributed by atoms with van der Waals surface area (Å²) in [7, 11) is -9.13. The minimum atomic E-state index is -5.01. The summed E-state index contributed by atoms with van der Waals surface area (Å²) in [5.41, 5.74) is 0.815. The summed E-state index contributed by atoms with van der Waals surface area (Å²) >= 11 is 0. The number of amides is 2. The zero-order valence-corrected chi connectivity index (χ0v) is 14.8. The quantitative estimate of drug-likeness (QED) is 0.743. The van der Waals surface area contributed by atoms with E-state index >= 15 is 0 Å². The first-order valence-corrected chi connectivity index (χ1v) is 10.3. The molecule has 1 saturated heterocycles. The lowest BCUT2D eigenvalue weighted by Gasteiger charge is -2.15. The summed E-state index contributed by atoms with van der Waals surface area (Å²) < 4.78 is 62.0. The lowest BCUT2D eigenvalue weighted by atomic mass is 10.2. The fourth-order valence-corrected chi connectivity index (χ4v) is 4.12. The molecule has 138 valence electrons. The number of rotatable bonds is 5. The van der Waals surface area contributed by atoms with Crippen LogP contribution in [0.5, 0.6) is 0 Å². The minimum Gasteiger partial charge on any atom is -0.336 e. The Morgan fingerprint density at radius 1 is 1.00 bits per heavy atom. The minimum absolute atomic E-state index is 0.210. The van der Waals surface area contributed by atoms with Gasteiger partial charge in [0.05, 0.1) is 9.79 Å². The van der Waals surface area contributed by atoms with E-state index in [2.05, 4.69) is 10.0 Å². The molecule has 2 aromatic rings. The second-order valence-corrected chi connectivity index (χ2v) is 8.48. The molecule has 2 aromatic carbocycles. The maximum atomic E-state index is 13.1. The molecule has 1 fully saturated rings. The first kappa shape index (κ1) is 18.1. The van der Waals surface area contributed by atoms with E-state index in [0.29, 0.717) is 18.8 Å². The number of carbonyl (C=O) groups excluding carboxylic acids is 1. The van der Waals surface area contributed by atoms with E-state index in [1.807, 2.05) is 0 Å². The van der Waals surface area contributed by atoms with Crippen molar-refractivity contribution >= 4 is 37.7 Å². The Balaban J connectivity index is 1.83. The van der Waals surface area contributed by atoms with Crippen molar-refractivity contribution in [2.24, 2.45) is 0 Å². The average Bonchev–Trinajstić information content (AvgIpc) is 3.01. The summed E-state index contributed by atoms with van der Waals surface area (Å²) in [5, 5.41) is 2.66. The Labute approximate surface area is 149 Å². The van der Waals surface area contributed by atoms with Crippen molar-refractivity contribution in [2.45, 2.75) is 9.79 Å². The summed E-state index contributed by atoms with van der Waals surface area (Å²) in [4.78, 5) is 12.0. The molecular weight excluding hydrogens is 385 g/mol. The smallest absolute Gasteiger partial charge is 0.332 e. The predicted molar refractivity (Wildman–Crippen MR) is 92.7 cm³/mol. The summed E-state index contributed by atoms with van der Waals surface area (Å²) in [6, 6.07) is 9.84. The molecular formula is C15H14FN3O5S2. The first-order chi connectivity index (χ1) is 12.2. The van der Waals surface area contributed by atoms with Crippen LogP contribution in [0.25, 0.3) is 0 Å². The molecule has 11 heteroatoms. The molecule has 0 spiro atoms. The summed E-state index contributed by atoms with van der Waals surface area (Å²) in [6.07, 6.45) is 0. The van der Waals surface area contributed by atoms with E-state index in [-0.39, 0.29) is 16.6 Å².